The minimum Gasteiger partial charge on any atom is -0.490 e. The molecule has 3 heteroatoms. The number of nitrogens with zero attached hydrogens (tertiary/aromatic N) is 1. The van der Waals surface area contributed by atoms with Crippen molar-refractivity contribution in [2.75, 3.05) is 13.2 Å². The molecule has 3 aromatic rings. The first-order valence-corrected chi connectivity index (χ1v) is 7.15. The van der Waals surface area contributed by atoms with E-state index in [4.69, 9.17) is 4.74 Å². The van der Waals surface area contributed by atoms with Crippen molar-refractivity contribution < 1.29 is 4.74 Å². The van der Waals surface area contributed by atoms with Gasteiger partial charge in [0.15, 0.2) is 0 Å². The van der Waals surface area contributed by atoms with Crippen LogP contribution in [0.2, 0.25) is 0 Å². The molecule has 0 aliphatic carbocycles. The first-order valence-electron chi connectivity index (χ1n) is 7.15. The quantitative estimate of drug-likeness (QED) is 0.702. The molecule has 0 spiro atoms. The largest absolute Gasteiger partial charge is 0.490 e. The molecule has 0 fully saturated rings. The Balaban J connectivity index is 1.51. The van der Waals surface area contributed by atoms with Gasteiger partial charge in [-0.2, -0.15) is 0 Å². The summed E-state index contributed by atoms with van der Waals surface area (Å²) in [5.41, 5.74) is 2.20. The second kappa shape index (κ2) is 6.86. The number of benzene rings is 2. The fraction of sp³-hybridized carbons (Fsp3) is 0.167. The summed E-state index contributed by atoms with van der Waals surface area (Å²) in [7, 11) is 0. The lowest BCUT2D eigenvalue weighted by atomic mass is 10.2. The summed E-state index contributed by atoms with van der Waals surface area (Å²) in [6.45, 7) is 2.29. The van der Waals surface area contributed by atoms with Gasteiger partial charge in [0, 0.05) is 24.7 Å². The first kappa shape index (κ1) is 13.6. The molecule has 0 radical (unpaired) electrons. The van der Waals surface area contributed by atoms with Gasteiger partial charge in [-0.3, -0.25) is 4.98 Å². The zero-order valence-electron chi connectivity index (χ0n) is 11.8. The molecule has 0 saturated carbocycles. The van der Waals surface area contributed by atoms with E-state index in [1.165, 1.54) is 5.56 Å². The fourth-order valence-electron chi connectivity index (χ4n) is 2.25. The molecule has 0 bridgehead atoms. The maximum Gasteiger partial charge on any atom is 0.145 e. The maximum atomic E-state index is 5.83. The normalized spacial score (nSPS) is 10.7. The molecule has 1 N–H and O–H groups in total. The molecule has 1 aromatic heterocycles. The summed E-state index contributed by atoms with van der Waals surface area (Å²) in [4.78, 5) is 4.38. The van der Waals surface area contributed by atoms with E-state index in [0.29, 0.717) is 6.61 Å². The summed E-state index contributed by atoms with van der Waals surface area (Å²) in [6, 6.07) is 20.3. The monoisotopic (exact) mass is 278 g/mol. The molecule has 0 atom stereocenters. The van der Waals surface area contributed by atoms with Crippen LogP contribution in [-0.4, -0.2) is 18.1 Å². The van der Waals surface area contributed by atoms with E-state index < -0.39 is 0 Å². The second-order valence-corrected chi connectivity index (χ2v) is 4.84. The van der Waals surface area contributed by atoms with Crippen LogP contribution in [0.5, 0.6) is 5.75 Å². The number of pyridine rings is 1. The molecule has 0 saturated heterocycles. The van der Waals surface area contributed by atoms with Gasteiger partial charge in [-0.15, -0.1) is 0 Å². The molecular weight excluding hydrogens is 260 g/mol. The van der Waals surface area contributed by atoms with Gasteiger partial charge in [0.1, 0.15) is 17.9 Å². The third kappa shape index (κ3) is 3.58. The molecule has 0 unspecified atom stereocenters. The number of fused-ring (bicyclic) bond motifs is 1. The van der Waals surface area contributed by atoms with Crippen molar-refractivity contribution in [2.24, 2.45) is 0 Å². The van der Waals surface area contributed by atoms with Crippen LogP contribution >= 0.6 is 0 Å². The lowest BCUT2D eigenvalue weighted by Crippen LogP contribution is -2.20. The van der Waals surface area contributed by atoms with Crippen LogP contribution in [0.15, 0.2) is 66.9 Å². The minimum atomic E-state index is 0.628. The smallest absolute Gasteiger partial charge is 0.145 e. The Kier molecular flexibility index (Phi) is 4.44. The van der Waals surface area contributed by atoms with Crippen LogP contribution < -0.4 is 10.1 Å². The highest BCUT2D eigenvalue weighted by atomic mass is 16.5. The van der Waals surface area contributed by atoms with Crippen molar-refractivity contribution >= 4 is 10.9 Å². The van der Waals surface area contributed by atoms with Crippen molar-refractivity contribution in [3.8, 4) is 5.75 Å². The average molecular weight is 278 g/mol. The van der Waals surface area contributed by atoms with Gasteiger partial charge in [0.05, 0.1) is 0 Å². The Morgan fingerprint density at radius 2 is 1.76 bits per heavy atom. The number of para-hydroxylation sites is 1. The van der Waals surface area contributed by atoms with E-state index in [-0.39, 0.29) is 0 Å². The van der Waals surface area contributed by atoms with Crippen LogP contribution in [0, 0.1) is 0 Å². The predicted molar refractivity (Wildman–Crippen MR) is 85.4 cm³/mol. The molecule has 0 amide bonds. The molecule has 21 heavy (non-hydrogen) atoms. The Labute approximate surface area is 124 Å². The molecule has 2 aromatic carbocycles. The van der Waals surface area contributed by atoms with Gasteiger partial charge in [-0.1, -0.05) is 48.5 Å². The molecule has 0 aliphatic rings. The van der Waals surface area contributed by atoms with E-state index in [1.54, 1.807) is 6.20 Å². The van der Waals surface area contributed by atoms with E-state index in [2.05, 4.69) is 34.6 Å². The summed E-state index contributed by atoms with van der Waals surface area (Å²) in [6.07, 6.45) is 1.79. The maximum absolute atomic E-state index is 5.83. The van der Waals surface area contributed by atoms with Gasteiger partial charge in [-0.05, 0) is 17.7 Å². The Hall–Kier alpha value is -2.39. The van der Waals surface area contributed by atoms with Crippen LogP contribution in [0.3, 0.4) is 0 Å². The zero-order valence-corrected chi connectivity index (χ0v) is 11.8. The summed E-state index contributed by atoms with van der Waals surface area (Å²) in [5.74, 6) is 0.842. The second-order valence-electron chi connectivity index (χ2n) is 4.84. The van der Waals surface area contributed by atoms with E-state index in [0.717, 1.165) is 29.7 Å². The highest BCUT2D eigenvalue weighted by molar-refractivity contribution is 5.84. The van der Waals surface area contributed by atoms with Gasteiger partial charge in [0.25, 0.3) is 0 Å². The topological polar surface area (TPSA) is 34.1 Å². The Bertz CT molecular complexity index is 692. The average Bonchev–Trinajstić information content (AvgIpc) is 2.56. The Morgan fingerprint density at radius 3 is 2.67 bits per heavy atom. The fourth-order valence-corrected chi connectivity index (χ4v) is 2.25. The lowest BCUT2D eigenvalue weighted by molar-refractivity contribution is 0.316. The predicted octanol–water partition coefficient (Wildman–Crippen LogP) is 3.40. The zero-order chi connectivity index (χ0) is 14.3. The standard InChI is InChI=1S/C18H18N2O/c1-2-6-15(7-3-1)14-19-12-13-21-17-10-4-8-16-9-5-11-20-18(16)17/h1-11,19H,12-14H2. The van der Waals surface area contributed by atoms with Crippen LogP contribution in [-0.2, 0) is 6.54 Å². The van der Waals surface area contributed by atoms with E-state index >= 15 is 0 Å². The van der Waals surface area contributed by atoms with Gasteiger partial charge < -0.3 is 10.1 Å². The highest BCUT2D eigenvalue weighted by Gasteiger charge is 2.01. The number of nitrogens with one attached hydrogen (secondary N) is 1. The van der Waals surface area contributed by atoms with Crippen molar-refractivity contribution in [2.45, 2.75) is 6.54 Å². The van der Waals surface area contributed by atoms with E-state index in [1.807, 2.05) is 36.4 Å². The summed E-state index contributed by atoms with van der Waals surface area (Å²) in [5, 5.41) is 4.48. The van der Waals surface area contributed by atoms with Crippen LogP contribution in [0.1, 0.15) is 5.56 Å². The number of aromatic nitrogens is 1. The first-order chi connectivity index (χ1) is 10.4. The molecule has 0 aliphatic heterocycles. The van der Waals surface area contributed by atoms with Gasteiger partial charge >= 0.3 is 0 Å². The highest BCUT2D eigenvalue weighted by Crippen LogP contribution is 2.22. The molecule has 106 valence electrons. The van der Waals surface area contributed by atoms with Crippen molar-refractivity contribution in [3.63, 3.8) is 0 Å². The van der Waals surface area contributed by atoms with Crippen LogP contribution in [0.4, 0.5) is 0 Å². The molecule has 3 rings (SSSR count). The number of ether oxygens (including phenoxy) is 1. The minimum absolute atomic E-state index is 0.628. The van der Waals surface area contributed by atoms with Gasteiger partial charge in [0.2, 0.25) is 0 Å². The summed E-state index contributed by atoms with van der Waals surface area (Å²) < 4.78 is 5.83. The molecule has 3 nitrogen and oxygen atoms in total. The molecular formula is C18H18N2O. The number of hydrogen-bond donors (Lipinski definition) is 1. The van der Waals surface area contributed by atoms with Crippen LogP contribution in [0.25, 0.3) is 10.9 Å². The number of rotatable bonds is 6. The third-order valence-electron chi connectivity index (χ3n) is 3.30. The Morgan fingerprint density at radius 1 is 0.905 bits per heavy atom. The third-order valence-corrected chi connectivity index (χ3v) is 3.30. The SMILES string of the molecule is c1ccc(CNCCOc2cccc3cccnc23)cc1. The van der Waals surface area contributed by atoms with Crippen molar-refractivity contribution in [1.29, 1.82) is 0 Å². The lowest BCUT2D eigenvalue weighted by Gasteiger charge is -2.09. The number of hydrogen-bond acceptors (Lipinski definition) is 3. The summed E-state index contributed by atoms with van der Waals surface area (Å²) >= 11 is 0. The molecule has 1 heterocycles. The van der Waals surface area contributed by atoms with E-state index in [9.17, 15) is 0 Å². The van der Waals surface area contributed by atoms with Gasteiger partial charge in [-0.25, -0.2) is 0 Å². The van der Waals surface area contributed by atoms with Crippen molar-refractivity contribution in [3.05, 3.63) is 72.4 Å². The van der Waals surface area contributed by atoms with Crippen molar-refractivity contribution in [1.82, 2.24) is 10.3 Å².